The lowest BCUT2D eigenvalue weighted by molar-refractivity contribution is -0.167. The van der Waals surface area contributed by atoms with Crippen LogP contribution in [-0.4, -0.2) is 37.2 Å². The number of carbonyl (C=O) groups excluding carboxylic acids is 3. The maximum absolute atomic E-state index is 12.8. The topological polar surface area (TPSA) is 78.9 Å². The van der Waals surface area contributed by atoms with Gasteiger partial charge in [-0.15, -0.1) is 0 Å². The van der Waals surface area contributed by atoms with Crippen LogP contribution in [0.25, 0.3) is 0 Å². The van der Waals surface area contributed by atoms with Crippen molar-refractivity contribution in [3.63, 3.8) is 0 Å². The third kappa shape index (κ3) is 47.5. The third-order valence-electron chi connectivity index (χ3n) is 12.2. The van der Waals surface area contributed by atoms with Crippen LogP contribution in [0.5, 0.6) is 0 Å². The van der Waals surface area contributed by atoms with Gasteiger partial charge in [-0.3, -0.25) is 14.4 Å². The molecule has 0 saturated heterocycles. The first-order chi connectivity index (χ1) is 29.2. The van der Waals surface area contributed by atoms with Gasteiger partial charge < -0.3 is 14.2 Å². The number of rotatable bonds is 48. The van der Waals surface area contributed by atoms with Crippen LogP contribution in [0.4, 0.5) is 0 Å². The van der Waals surface area contributed by atoms with E-state index >= 15 is 0 Å². The molecule has 0 bridgehead atoms. The zero-order valence-corrected chi connectivity index (χ0v) is 41.1. The fourth-order valence-electron chi connectivity index (χ4n) is 8.17. The van der Waals surface area contributed by atoms with E-state index in [1.165, 1.54) is 186 Å². The van der Waals surface area contributed by atoms with Crippen molar-refractivity contribution in [2.75, 3.05) is 13.2 Å². The molecule has 0 aromatic carbocycles. The molecule has 0 aliphatic carbocycles. The maximum atomic E-state index is 12.8. The van der Waals surface area contributed by atoms with Gasteiger partial charge in [0, 0.05) is 19.3 Å². The molecule has 0 aromatic rings. The second-order valence-corrected chi connectivity index (χ2v) is 19.5. The van der Waals surface area contributed by atoms with Gasteiger partial charge in [0.15, 0.2) is 6.10 Å². The fourth-order valence-corrected chi connectivity index (χ4v) is 8.17. The van der Waals surface area contributed by atoms with Crippen LogP contribution in [0.2, 0.25) is 0 Å². The van der Waals surface area contributed by atoms with Gasteiger partial charge in [-0.05, 0) is 31.1 Å². The molecule has 0 N–H and O–H groups in total. The maximum Gasteiger partial charge on any atom is 0.306 e. The first kappa shape index (κ1) is 58.4. The molecule has 356 valence electrons. The van der Waals surface area contributed by atoms with Crippen molar-refractivity contribution in [3.8, 4) is 0 Å². The van der Waals surface area contributed by atoms with Crippen molar-refractivity contribution in [3.05, 3.63) is 0 Å². The Kier molecular flexibility index (Phi) is 45.7. The minimum atomic E-state index is -0.762. The lowest BCUT2D eigenvalue weighted by Crippen LogP contribution is -2.30. The van der Waals surface area contributed by atoms with Gasteiger partial charge in [-0.1, -0.05) is 259 Å². The van der Waals surface area contributed by atoms with Gasteiger partial charge in [0.2, 0.25) is 0 Å². The van der Waals surface area contributed by atoms with E-state index in [9.17, 15) is 14.4 Å². The molecule has 6 heteroatoms. The molecule has 60 heavy (non-hydrogen) atoms. The average molecular weight is 849 g/mol. The Labute approximate surface area is 374 Å². The number of hydrogen-bond acceptors (Lipinski definition) is 6. The highest BCUT2D eigenvalue weighted by Gasteiger charge is 2.19. The highest BCUT2D eigenvalue weighted by molar-refractivity contribution is 5.71. The summed E-state index contributed by atoms with van der Waals surface area (Å²) in [6.07, 6.45) is 48.1. The summed E-state index contributed by atoms with van der Waals surface area (Å²) in [5.41, 5.74) is 0. The van der Waals surface area contributed by atoms with Crippen molar-refractivity contribution in [1.82, 2.24) is 0 Å². The summed E-state index contributed by atoms with van der Waals surface area (Å²) in [6, 6.07) is 0. The zero-order valence-electron chi connectivity index (χ0n) is 41.1. The SMILES string of the molecule is CCCCCCCCCCCCCCCCCCCC(=O)O[C@H](COC(=O)CCCCCCCCCCCCCCC(C)C)COC(=O)CCCCCCCCCC(C)C. The van der Waals surface area contributed by atoms with Crippen LogP contribution < -0.4 is 0 Å². The normalized spacial score (nSPS) is 12.1. The van der Waals surface area contributed by atoms with Gasteiger partial charge in [0.25, 0.3) is 0 Å². The van der Waals surface area contributed by atoms with Crippen LogP contribution in [0, 0.1) is 11.8 Å². The van der Waals surface area contributed by atoms with Gasteiger partial charge in [-0.2, -0.15) is 0 Å². The van der Waals surface area contributed by atoms with Gasteiger partial charge >= 0.3 is 17.9 Å². The van der Waals surface area contributed by atoms with E-state index in [0.717, 1.165) is 69.6 Å². The summed E-state index contributed by atoms with van der Waals surface area (Å²) in [5, 5.41) is 0. The van der Waals surface area contributed by atoms with Crippen LogP contribution in [0.15, 0.2) is 0 Å². The fraction of sp³-hybridized carbons (Fsp3) is 0.944. The largest absolute Gasteiger partial charge is 0.462 e. The molecule has 0 radical (unpaired) electrons. The predicted octanol–water partition coefficient (Wildman–Crippen LogP) is 17.3. The molecule has 1 atom stereocenters. The second kappa shape index (κ2) is 46.9. The first-order valence-electron chi connectivity index (χ1n) is 26.7. The lowest BCUT2D eigenvalue weighted by Gasteiger charge is -2.18. The molecule has 0 fully saturated rings. The zero-order chi connectivity index (χ0) is 44.0. The summed E-state index contributed by atoms with van der Waals surface area (Å²) >= 11 is 0. The molecule has 0 amide bonds. The molecule has 0 aromatic heterocycles. The van der Waals surface area contributed by atoms with Gasteiger partial charge in [0.1, 0.15) is 13.2 Å². The molecule has 0 unspecified atom stereocenters. The molecule has 0 aliphatic heterocycles. The molecule has 0 saturated carbocycles. The summed E-state index contributed by atoms with van der Waals surface area (Å²) in [5.74, 6) is 0.767. The number of ether oxygens (including phenoxy) is 3. The van der Waals surface area contributed by atoms with Crippen molar-refractivity contribution in [2.45, 2.75) is 304 Å². The summed E-state index contributed by atoms with van der Waals surface area (Å²) in [7, 11) is 0. The molecule has 0 heterocycles. The van der Waals surface area contributed by atoms with Gasteiger partial charge in [-0.25, -0.2) is 0 Å². The molecular weight excluding hydrogens is 745 g/mol. The van der Waals surface area contributed by atoms with Crippen LogP contribution in [0.3, 0.4) is 0 Å². The van der Waals surface area contributed by atoms with E-state index in [0.29, 0.717) is 19.3 Å². The standard InChI is InChI=1S/C54H104O6/c1-6-7-8-9-10-11-12-13-14-15-16-17-22-25-30-36-41-46-54(57)60-51(48-59-53(56)45-40-35-31-26-28-33-38-43-50(4)5)47-58-52(55)44-39-34-29-24-21-19-18-20-23-27-32-37-42-49(2)3/h49-51H,6-48H2,1-5H3/t51-/m1/s1. The second-order valence-electron chi connectivity index (χ2n) is 19.5. The number of unbranched alkanes of at least 4 members (excludes halogenated alkanes) is 33. The van der Waals surface area contributed by atoms with E-state index in [2.05, 4.69) is 34.6 Å². The van der Waals surface area contributed by atoms with E-state index in [1.807, 2.05) is 0 Å². The Balaban J connectivity index is 4.28. The molecular formula is C54H104O6. The molecule has 0 aliphatic rings. The highest BCUT2D eigenvalue weighted by Crippen LogP contribution is 2.17. The predicted molar refractivity (Wildman–Crippen MR) is 256 cm³/mol. The number of esters is 3. The van der Waals surface area contributed by atoms with Crippen molar-refractivity contribution >= 4 is 17.9 Å². The Hall–Kier alpha value is -1.59. The van der Waals surface area contributed by atoms with E-state index in [-0.39, 0.29) is 31.1 Å². The summed E-state index contributed by atoms with van der Waals surface area (Å²) < 4.78 is 16.8. The average Bonchev–Trinajstić information content (AvgIpc) is 3.22. The summed E-state index contributed by atoms with van der Waals surface area (Å²) in [4.78, 5) is 38.0. The monoisotopic (exact) mass is 849 g/mol. The minimum absolute atomic E-state index is 0.0641. The molecule has 0 rings (SSSR count). The van der Waals surface area contributed by atoms with Crippen LogP contribution in [0.1, 0.15) is 298 Å². The van der Waals surface area contributed by atoms with Crippen LogP contribution >= 0.6 is 0 Å². The molecule has 0 spiro atoms. The smallest absolute Gasteiger partial charge is 0.306 e. The Bertz CT molecular complexity index is 916. The Morgan fingerprint density at radius 2 is 0.550 bits per heavy atom. The Morgan fingerprint density at radius 3 is 0.817 bits per heavy atom. The van der Waals surface area contributed by atoms with Crippen molar-refractivity contribution in [1.29, 1.82) is 0 Å². The highest BCUT2D eigenvalue weighted by atomic mass is 16.6. The van der Waals surface area contributed by atoms with Crippen molar-refractivity contribution < 1.29 is 28.6 Å². The minimum Gasteiger partial charge on any atom is -0.462 e. The third-order valence-corrected chi connectivity index (χ3v) is 12.2. The number of carbonyl (C=O) groups is 3. The quantitative estimate of drug-likeness (QED) is 0.0345. The Morgan fingerprint density at radius 1 is 0.317 bits per heavy atom. The molecule has 6 nitrogen and oxygen atoms in total. The number of hydrogen-bond donors (Lipinski definition) is 0. The summed E-state index contributed by atoms with van der Waals surface area (Å²) in [6.45, 7) is 11.3. The first-order valence-corrected chi connectivity index (χ1v) is 26.7. The van der Waals surface area contributed by atoms with E-state index in [1.54, 1.807) is 0 Å². The van der Waals surface area contributed by atoms with Gasteiger partial charge in [0.05, 0.1) is 0 Å². The van der Waals surface area contributed by atoms with Crippen LogP contribution in [-0.2, 0) is 28.6 Å². The lowest BCUT2D eigenvalue weighted by atomic mass is 10.0. The van der Waals surface area contributed by atoms with Crippen molar-refractivity contribution in [2.24, 2.45) is 11.8 Å². The van der Waals surface area contributed by atoms with E-state index in [4.69, 9.17) is 14.2 Å². The van der Waals surface area contributed by atoms with E-state index < -0.39 is 6.10 Å².